The number of hydrogen-bond donors (Lipinski definition) is 0. The quantitative estimate of drug-likeness (QED) is 0.287. The molecule has 0 fully saturated rings. The van der Waals surface area contributed by atoms with Gasteiger partial charge in [-0.25, -0.2) is 4.98 Å². The van der Waals surface area contributed by atoms with E-state index in [9.17, 15) is 9.70 Å². The van der Waals surface area contributed by atoms with Crippen molar-refractivity contribution in [1.82, 2.24) is 4.98 Å². The van der Waals surface area contributed by atoms with Gasteiger partial charge in [0.15, 0.2) is 0 Å². The SMILES string of the molecule is Cc1cc(OCCC(C)(C)N=O)nc(C)c1-c1cccc(COc2ccc(C=O)cc2)c1. The van der Waals surface area contributed by atoms with Crippen LogP contribution >= 0.6 is 0 Å². The number of carbonyl (C=O) groups excluding carboxylic acids is 1. The predicted molar refractivity (Wildman–Crippen MR) is 125 cm³/mol. The zero-order chi connectivity index (χ0) is 23.1. The Morgan fingerprint density at radius 1 is 1.03 bits per heavy atom. The third-order valence-electron chi connectivity index (χ3n) is 5.22. The third kappa shape index (κ3) is 6.00. The summed E-state index contributed by atoms with van der Waals surface area (Å²) >= 11 is 0. The van der Waals surface area contributed by atoms with E-state index in [-0.39, 0.29) is 0 Å². The number of hydrogen-bond acceptors (Lipinski definition) is 6. The molecule has 0 aliphatic heterocycles. The second-order valence-corrected chi connectivity index (χ2v) is 8.42. The number of rotatable bonds is 10. The Kier molecular flexibility index (Phi) is 7.36. The van der Waals surface area contributed by atoms with Gasteiger partial charge in [-0.05, 0) is 74.7 Å². The molecule has 0 aliphatic rings. The molecule has 0 saturated carbocycles. The monoisotopic (exact) mass is 432 g/mol. The minimum atomic E-state index is -0.650. The summed E-state index contributed by atoms with van der Waals surface area (Å²) in [5, 5.41) is 3.12. The minimum absolute atomic E-state index is 0.380. The zero-order valence-corrected chi connectivity index (χ0v) is 18.9. The molecule has 6 heteroatoms. The maximum Gasteiger partial charge on any atom is 0.213 e. The van der Waals surface area contributed by atoms with Gasteiger partial charge in [0.05, 0.1) is 6.61 Å². The standard InChI is InChI=1S/C26H28N2O4/c1-18-14-24(31-13-12-26(3,4)28-30)27-19(2)25(18)22-7-5-6-21(15-22)17-32-23-10-8-20(16-29)9-11-23/h5-11,14-16H,12-13,17H2,1-4H3. The molecule has 0 N–H and O–H groups in total. The minimum Gasteiger partial charge on any atom is -0.489 e. The van der Waals surface area contributed by atoms with Crippen molar-refractivity contribution in [1.29, 1.82) is 0 Å². The van der Waals surface area contributed by atoms with Crippen molar-refractivity contribution in [3.8, 4) is 22.8 Å². The van der Waals surface area contributed by atoms with Gasteiger partial charge in [-0.2, -0.15) is 4.91 Å². The Morgan fingerprint density at radius 3 is 2.44 bits per heavy atom. The van der Waals surface area contributed by atoms with Gasteiger partial charge in [-0.3, -0.25) is 4.79 Å². The van der Waals surface area contributed by atoms with Gasteiger partial charge in [0.25, 0.3) is 0 Å². The summed E-state index contributed by atoms with van der Waals surface area (Å²) in [5.74, 6) is 1.26. The van der Waals surface area contributed by atoms with Crippen LogP contribution in [0.4, 0.5) is 0 Å². The van der Waals surface area contributed by atoms with Crippen LogP contribution in [-0.4, -0.2) is 23.4 Å². The van der Waals surface area contributed by atoms with E-state index in [0.29, 0.717) is 36.8 Å². The third-order valence-corrected chi connectivity index (χ3v) is 5.22. The summed E-state index contributed by atoms with van der Waals surface area (Å²) in [6.45, 7) is 8.36. The van der Waals surface area contributed by atoms with Crippen LogP contribution in [0, 0.1) is 18.8 Å². The summed E-state index contributed by atoms with van der Waals surface area (Å²) in [6, 6.07) is 17.1. The van der Waals surface area contributed by atoms with E-state index < -0.39 is 5.54 Å². The Labute approximate surface area is 188 Å². The van der Waals surface area contributed by atoms with Crippen molar-refractivity contribution in [2.75, 3.05) is 6.61 Å². The first-order valence-electron chi connectivity index (χ1n) is 10.5. The molecule has 0 amide bonds. The predicted octanol–water partition coefficient (Wildman–Crippen LogP) is 6.07. The maximum atomic E-state index is 10.8. The van der Waals surface area contributed by atoms with Gasteiger partial charge < -0.3 is 9.47 Å². The van der Waals surface area contributed by atoms with E-state index in [4.69, 9.17) is 9.47 Å². The lowest BCUT2D eigenvalue weighted by atomic mass is 9.98. The molecule has 0 radical (unpaired) electrons. The van der Waals surface area contributed by atoms with Crippen molar-refractivity contribution in [3.05, 3.63) is 81.9 Å². The zero-order valence-electron chi connectivity index (χ0n) is 18.9. The first-order chi connectivity index (χ1) is 15.3. The molecular weight excluding hydrogens is 404 g/mol. The Hall–Kier alpha value is -3.54. The van der Waals surface area contributed by atoms with Crippen LogP contribution in [0.2, 0.25) is 0 Å². The molecule has 0 unspecified atom stereocenters. The molecule has 3 aromatic rings. The van der Waals surface area contributed by atoms with Crippen LogP contribution < -0.4 is 9.47 Å². The van der Waals surface area contributed by atoms with E-state index in [1.165, 1.54) is 0 Å². The average molecular weight is 433 g/mol. The molecule has 1 heterocycles. The van der Waals surface area contributed by atoms with Gasteiger partial charge in [0.2, 0.25) is 5.88 Å². The molecule has 166 valence electrons. The molecule has 6 nitrogen and oxygen atoms in total. The molecule has 2 aromatic carbocycles. The molecule has 0 saturated heterocycles. The van der Waals surface area contributed by atoms with Crippen molar-refractivity contribution < 1.29 is 14.3 Å². The largest absolute Gasteiger partial charge is 0.489 e. The summed E-state index contributed by atoms with van der Waals surface area (Å²) in [4.78, 5) is 26.2. The van der Waals surface area contributed by atoms with Gasteiger partial charge >= 0.3 is 0 Å². The molecule has 0 spiro atoms. The van der Waals surface area contributed by atoms with Crippen LogP contribution in [-0.2, 0) is 6.61 Å². The summed E-state index contributed by atoms with van der Waals surface area (Å²) in [5.41, 5.74) is 5.05. The van der Waals surface area contributed by atoms with Gasteiger partial charge in [0, 0.05) is 29.3 Å². The number of pyridine rings is 1. The van der Waals surface area contributed by atoms with Crippen LogP contribution in [0.25, 0.3) is 11.1 Å². The average Bonchev–Trinajstić information content (AvgIpc) is 2.78. The van der Waals surface area contributed by atoms with Crippen LogP contribution in [0.1, 0.15) is 47.4 Å². The topological polar surface area (TPSA) is 77.8 Å². The van der Waals surface area contributed by atoms with E-state index in [1.54, 1.807) is 38.1 Å². The summed E-state index contributed by atoms with van der Waals surface area (Å²) in [7, 11) is 0. The molecular formula is C26H28N2O4. The lowest BCUT2D eigenvalue weighted by Crippen LogP contribution is -2.19. The molecule has 0 aliphatic carbocycles. The summed E-state index contributed by atoms with van der Waals surface area (Å²) < 4.78 is 11.6. The van der Waals surface area contributed by atoms with Gasteiger partial charge in [-0.15, -0.1) is 0 Å². The highest BCUT2D eigenvalue weighted by molar-refractivity contribution is 5.74. The molecule has 32 heavy (non-hydrogen) atoms. The molecule has 0 atom stereocenters. The van der Waals surface area contributed by atoms with Crippen molar-refractivity contribution >= 4 is 6.29 Å². The second-order valence-electron chi connectivity index (χ2n) is 8.42. The maximum absolute atomic E-state index is 10.8. The number of aryl methyl sites for hydroxylation is 2. The van der Waals surface area contributed by atoms with Gasteiger partial charge in [0.1, 0.15) is 24.2 Å². The van der Waals surface area contributed by atoms with Crippen molar-refractivity contribution in [2.45, 2.75) is 46.3 Å². The van der Waals surface area contributed by atoms with Crippen LogP contribution in [0.3, 0.4) is 0 Å². The van der Waals surface area contributed by atoms with Crippen molar-refractivity contribution in [2.24, 2.45) is 5.18 Å². The smallest absolute Gasteiger partial charge is 0.213 e. The highest BCUT2D eigenvalue weighted by Crippen LogP contribution is 2.30. The Balaban J connectivity index is 1.71. The number of nitrogens with zero attached hydrogens (tertiary/aromatic N) is 2. The second kappa shape index (κ2) is 10.2. The van der Waals surface area contributed by atoms with Gasteiger partial charge in [-0.1, -0.05) is 23.4 Å². The highest BCUT2D eigenvalue weighted by Gasteiger charge is 2.18. The molecule has 0 bridgehead atoms. The van der Waals surface area contributed by atoms with E-state index >= 15 is 0 Å². The first-order valence-corrected chi connectivity index (χ1v) is 10.5. The fourth-order valence-corrected chi connectivity index (χ4v) is 3.38. The number of nitroso groups, excluding NO2 is 1. The van der Waals surface area contributed by atoms with E-state index in [2.05, 4.69) is 22.3 Å². The lowest BCUT2D eigenvalue weighted by molar-refractivity contribution is 0.112. The number of benzene rings is 2. The number of aromatic nitrogens is 1. The summed E-state index contributed by atoms with van der Waals surface area (Å²) in [6.07, 6.45) is 1.34. The first kappa shape index (κ1) is 23.1. The number of aldehydes is 1. The van der Waals surface area contributed by atoms with Crippen molar-refractivity contribution in [3.63, 3.8) is 0 Å². The molecule has 3 rings (SSSR count). The Morgan fingerprint density at radius 2 is 1.78 bits per heavy atom. The normalized spacial score (nSPS) is 11.1. The van der Waals surface area contributed by atoms with E-state index in [0.717, 1.165) is 34.2 Å². The van der Waals surface area contributed by atoms with E-state index in [1.807, 2.05) is 32.0 Å². The van der Waals surface area contributed by atoms with Crippen LogP contribution in [0.5, 0.6) is 11.6 Å². The molecule has 1 aromatic heterocycles. The number of carbonyl (C=O) groups is 1. The lowest BCUT2D eigenvalue weighted by Gasteiger charge is -2.17. The van der Waals surface area contributed by atoms with Crippen LogP contribution in [0.15, 0.2) is 59.8 Å². The highest BCUT2D eigenvalue weighted by atomic mass is 16.5. The fourth-order valence-electron chi connectivity index (χ4n) is 3.38. The Bertz CT molecular complexity index is 1070. The number of ether oxygens (including phenoxy) is 2. The fraction of sp³-hybridized carbons (Fsp3) is 0.308.